The normalized spacial score (nSPS) is 10.3. The Morgan fingerprint density at radius 3 is 3.00 bits per heavy atom. The van der Waals surface area contributed by atoms with E-state index in [-0.39, 0.29) is 11.4 Å². The Morgan fingerprint density at radius 1 is 1.56 bits per heavy atom. The number of rotatable bonds is 3. The zero-order valence-electron chi connectivity index (χ0n) is 9.76. The zero-order valence-corrected chi connectivity index (χ0v) is 11.3. The third-order valence-electron chi connectivity index (χ3n) is 2.43. The molecule has 0 aliphatic heterocycles. The number of carbonyl (C=O) groups excluding carboxylic acids is 1. The van der Waals surface area contributed by atoms with E-state index in [0.29, 0.717) is 6.54 Å². The van der Waals surface area contributed by atoms with Crippen LogP contribution in [0.25, 0.3) is 0 Å². The number of methoxy groups -OCH3 is 1. The maximum Gasteiger partial charge on any atom is 0.343 e. The van der Waals surface area contributed by atoms with Crippen LogP contribution in [0, 0.1) is 0 Å². The van der Waals surface area contributed by atoms with Gasteiger partial charge in [-0.1, -0.05) is 28.1 Å². The first kappa shape index (κ1) is 12.6. The molecule has 0 saturated carbocycles. The number of nitrogens with zero attached hydrogens (tertiary/aromatic N) is 2. The molecule has 0 radical (unpaired) electrons. The van der Waals surface area contributed by atoms with Crippen LogP contribution in [0.2, 0.25) is 0 Å². The van der Waals surface area contributed by atoms with Crippen LogP contribution in [0.4, 0.5) is 5.82 Å². The van der Waals surface area contributed by atoms with Gasteiger partial charge in [-0.05, 0) is 17.7 Å². The molecule has 0 bridgehead atoms. The van der Waals surface area contributed by atoms with Gasteiger partial charge >= 0.3 is 5.97 Å². The summed E-state index contributed by atoms with van der Waals surface area (Å²) < 4.78 is 7.23. The van der Waals surface area contributed by atoms with Gasteiger partial charge < -0.3 is 10.5 Å². The molecule has 0 saturated heterocycles. The predicted octanol–water partition coefficient (Wildman–Crippen LogP) is 2.06. The molecule has 1 heterocycles. The summed E-state index contributed by atoms with van der Waals surface area (Å²) in [7, 11) is 1.31. The molecule has 2 rings (SSSR count). The molecule has 0 amide bonds. The van der Waals surface area contributed by atoms with E-state index < -0.39 is 5.97 Å². The highest BCUT2D eigenvalue weighted by molar-refractivity contribution is 9.10. The van der Waals surface area contributed by atoms with Crippen LogP contribution < -0.4 is 5.73 Å². The fraction of sp³-hybridized carbons (Fsp3) is 0.167. The number of esters is 1. The number of halogens is 1. The molecule has 5 nitrogen and oxygen atoms in total. The Labute approximate surface area is 113 Å². The van der Waals surface area contributed by atoms with Crippen molar-refractivity contribution in [2.24, 2.45) is 0 Å². The monoisotopic (exact) mass is 309 g/mol. The summed E-state index contributed by atoms with van der Waals surface area (Å²) in [5, 5.41) is 4.08. The van der Waals surface area contributed by atoms with Crippen LogP contribution in [0.3, 0.4) is 0 Å². The number of nitrogens with two attached hydrogens (primary N) is 1. The van der Waals surface area contributed by atoms with Crippen molar-refractivity contribution in [1.29, 1.82) is 0 Å². The van der Waals surface area contributed by atoms with E-state index in [0.717, 1.165) is 10.0 Å². The Hall–Kier alpha value is -1.82. The number of nitrogen functional groups attached to an aromatic ring is 1. The molecular formula is C12H12BrN3O2. The highest BCUT2D eigenvalue weighted by atomic mass is 79.9. The lowest BCUT2D eigenvalue weighted by Gasteiger charge is -2.01. The molecule has 2 N–H and O–H groups in total. The van der Waals surface area contributed by atoms with Crippen LogP contribution in [0.5, 0.6) is 0 Å². The van der Waals surface area contributed by atoms with E-state index in [1.807, 2.05) is 24.3 Å². The average Bonchev–Trinajstić information content (AvgIpc) is 2.69. The van der Waals surface area contributed by atoms with Gasteiger partial charge in [-0.2, -0.15) is 5.10 Å². The van der Waals surface area contributed by atoms with Crippen molar-refractivity contribution in [3.05, 3.63) is 46.1 Å². The minimum atomic E-state index is -0.479. The number of hydrogen-bond donors (Lipinski definition) is 1. The second-order valence-electron chi connectivity index (χ2n) is 3.75. The summed E-state index contributed by atoms with van der Waals surface area (Å²) in [6, 6.07) is 7.84. The highest BCUT2D eigenvalue weighted by Crippen LogP contribution is 2.15. The van der Waals surface area contributed by atoms with Gasteiger partial charge in [0.05, 0.1) is 13.7 Å². The first-order valence-corrected chi connectivity index (χ1v) is 6.05. The van der Waals surface area contributed by atoms with E-state index >= 15 is 0 Å². The molecule has 2 aromatic rings. The Kier molecular flexibility index (Phi) is 3.66. The summed E-state index contributed by atoms with van der Waals surface area (Å²) in [5.41, 5.74) is 7.00. The molecule has 0 unspecified atom stereocenters. The summed E-state index contributed by atoms with van der Waals surface area (Å²) in [4.78, 5) is 11.4. The maximum atomic E-state index is 11.4. The van der Waals surface area contributed by atoms with E-state index in [2.05, 4.69) is 25.8 Å². The minimum absolute atomic E-state index is 0.178. The standard InChI is InChI=1S/C12H12BrN3O2/c1-18-12(17)10-7-16(15-11(10)14)6-8-3-2-4-9(13)5-8/h2-5,7H,6H2,1H3,(H2,14,15). The van der Waals surface area contributed by atoms with Crippen molar-refractivity contribution in [2.45, 2.75) is 6.54 Å². The third kappa shape index (κ3) is 2.70. The predicted molar refractivity (Wildman–Crippen MR) is 71.2 cm³/mol. The average molecular weight is 310 g/mol. The van der Waals surface area contributed by atoms with Crippen molar-refractivity contribution < 1.29 is 9.53 Å². The van der Waals surface area contributed by atoms with Gasteiger partial charge in [0.2, 0.25) is 0 Å². The quantitative estimate of drug-likeness (QED) is 0.881. The molecule has 0 fully saturated rings. The highest BCUT2D eigenvalue weighted by Gasteiger charge is 2.14. The third-order valence-corrected chi connectivity index (χ3v) is 2.92. The number of ether oxygens (including phenoxy) is 1. The van der Waals surface area contributed by atoms with Gasteiger partial charge in [0.1, 0.15) is 5.56 Å². The van der Waals surface area contributed by atoms with Gasteiger partial charge in [-0.25, -0.2) is 4.79 Å². The van der Waals surface area contributed by atoms with Gasteiger partial charge in [0.15, 0.2) is 5.82 Å². The van der Waals surface area contributed by atoms with Crippen LogP contribution >= 0.6 is 15.9 Å². The molecule has 0 aliphatic carbocycles. The fourth-order valence-corrected chi connectivity index (χ4v) is 2.05. The van der Waals surface area contributed by atoms with Crippen molar-refractivity contribution >= 4 is 27.7 Å². The number of carbonyl (C=O) groups is 1. The lowest BCUT2D eigenvalue weighted by molar-refractivity contribution is 0.0602. The lowest BCUT2D eigenvalue weighted by Crippen LogP contribution is -2.02. The first-order chi connectivity index (χ1) is 8.60. The van der Waals surface area contributed by atoms with E-state index in [4.69, 9.17) is 5.73 Å². The van der Waals surface area contributed by atoms with Crippen LogP contribution in [0.1, 0.15) is 15.9 Å². The summed E-state index contributed by atoms with van der Waals surface area (Å²) >= 11 is 3.40. The Bertz CT molecular complexity index is 580. The molecule has 94 valence electrons. The van der Waals surface area contributed by atoms with Crippen molar-refractivity contribution in [2.75, 3.05) is 12.8 Å². The van der Waals surface area contributed by atoms with E-state index in [1.165, 1.54) is 7.11 Å². The van der Waals surface area contributed by atoms with Crippen LogP contribution in [-0.2, 0) is 11.3 Å². The second-order valence-corrected chi connectivity index (χ2v) is 4.66. The van der Waals surface area contributed by atoms with Gasteiger partial charge in [-0.15, -0.1) is 0 Å². The summed E-state index contributed by atoms with van der Waals surface area (Å²) in [6.07, 6.45) is 1.59. The molecule has 1 aromatic heterocycles. The minimum Gasteiger partial charge on any atom is -0.465 e. The molecule has 0 spiro atoms. The van der Waals surface area contributed by atoms with Crippen molar-refractivity contribution in [1.82, 2.24) is 9.78 Å². The van der Waals surface area contributed by atoms with Crippen molar-refractivity contribution in [3.63, 3.8) is 0 Å². The van der Waals surface area contributed by atoms with Gasteiger partial charge in [0.25, 0.3) is 0 Å². The molecule has 0 atom stereocenters. The topological polar surface area (TPSA) is 70.1 Å². The molecule has 18 heavy (non-hydrogen) atoms. The van der Waals surface area contributed by atoms with Gasteiger partial charge in [-0.3, -0.25) is 4.68 Å². The largest absolute Gasteiger partial charge is 0.465 e. The van der Waals surface area contributed by atoms with Crippen LogP contribution in [-0.4, -0.2) is 22.9 Å². The number of benzene rings is 1. The fourth-order valence-electron chi connectivity index (χ4n) is 1.61. The number of hydrogen-bond acceptors (Lipinski definition) is 4. The first-order valence-electron chi connectivity index (χ1n) is 5.26. The Balaban J connectivity index is 2.23. The lowest BCUT2D eigenvalue weighted by atomic mass is 10.2. The zero-order chi connectivity index (χ0) is 13.1. The van der Waals surface area contributed by atoms with Gasteiger partial charge in [0, 0.05) is 10.7 Å². The summed E-state index contributed by atoms with van der Waals surface area (Å²) in [5.74, 6) is -0.301. The molecular weight excluding hydrogens is 298 g/mol. The Morgan fingerprint density at radius 2 is 2.33 bits per heavy atom. The smallest absolute Gasteiger partial charge is 0.343 e. The van der Waals surface area contributed by atoms with Crippen molar-refractivity contribution in [3.8, 4) is 0 Å². The summed E-state index contributed by atoms with van der Waals surface area (Å²) in [6.45, 7) is 0.542. The molecule has 0 aliphatic rings. The maximum absolute atomic E-state index is 11.4. The second kappa shape index (κ2) is 5.22. The van der Waals surface area contributed by atoms with E-state index in [9.17, 15) is 4.79 Å². The van der Waals surface area contributed by atoms with E-state index in [1.54, 1.807) is 10.9 Å². The SMILES string of the molecule is COC(=O)c1cn(Cc2cccc(Br)c2)nc1N. The molecule has 1 aromatic carbocycles. The molecule has 6 heteroatoms. The number of anilines is 1. The van der Waals surface area contributed by atoms with Crippen LogP contribution in [0.15, 0.2) is 34.9 Å². The number of aromatic nitrogens is 2.